The number of ether oxygens (including phenoxy) is 1. The summed E-state index contributed by atoms with van der Waals surface area (Å²) in [4.78, 5) is 30.9. The molecule has 1 aliphatic rings. The number of benzene rings is 2. The summed E-state index contributed by atoms with van der Waals surface area (Å²) in [6.07, 6.45) is 0.673. The van der Waals surface area contributed by atoms with Crippen LogP contribution in [0.2, 0.25) is 0 Å². The zero-order chi connectivity index (χ0) is 19.7. The highest BCUT2D eigenvalue weighted by Gasteiger charge is 2.29. The monoisotopic (exact) mass is 396 g/mol. The molecule has 2 heterocycles. The van der Waals surface area contributed by atoms with Crippen LogP contribution in [0.3, 0.4) is 0 Å². The maximum absolute atomic E-state index is 12.9. The van der Waals surface area contributed by atoms with E-state index in [1.165, 1.54) is 15.7 Å². The van der Waals surface area contributed by atoms with E-state index in [4.69, 9.17) is 4.74 Å². The summed E-state index contributed by atoms with van der Waals surface area (Å²) < 4.78 is 6.88. The van der Waals surface area contributed by atoms with Crippen molar-refractivity contribution in [2.75, 3.05) is 11.5 Å². The van der Waals surface area contributed by atoms with Gasteiger partial charge in [-0.05, 0) is 29.2 Å². The third kappa shape index (κ3) is 3.20. The van der Waals surface area contributed by atoms with Gasteiger partial charge in [0.15, 0.2) is 5.82 Å². The molecule has 0 unspecified atom stereocenters. The number of nitrogens with zero attached hydrogens (tertiary/aromatic N) is 4. The van der Waals surface area contributed by atoms with Crippen LogP contribution >= 0.6 is 11.8 Å². The lowest BCUT2D eigenvalue weighted by Crippen LogP contribution is -2.30. The van der Waals surface area contributed by atoms with E-state index < -0.39 is 11.0 Å². The molecule has 0 N–H and O–H groups in total. The fourth-order valence-corrected chi connectivity index (χ4v) is 4.13. The molecule has 28 heavy (non-hydrogen) atoms. The van der Waals surface area contributed by atoms with Gasteiger partial charge in [-0.3, -0.25) is 0 Å². The lowest BCUT2D eigenvalue weighted by Gasteiger charge is -2.30. The van der Waals surface area contributed by atoms with Gasteiger partial charge in [-0.2, -0.15) is 0 Å². The molecule has 142 valence electrons. The number of aryl methyl sites for hydroxylation is 1. The fraction of sp³-hybridized carbons (Fsp3) is 0.158. The second kappa shape index (κ2) is 7.35. The zero-order valence-corrected chi connectivity index (χ0v) is 15.8. The molecular weight excluding hydrogens is 380 g/mol. The number of amides is 1. The number of hydrogen-bond acceptors (Lipinski definition) is 6. The number of anilines is 2. The first kappa shape index (κ1) is 18.1. The molecule has 1 aliphatic heterocycles. The van der Waals surface area contributed by atoms with E-state index in [0.29, 0.717) is 5.82 Å². The van der Waals surface area contributed by atoms with Gasteiger partial charge in [0.25, 0.3) is 0 Å². The Bertz CT molecular complexity index is 1020. The molecule has 0 bridgehead atoms. The quantitative estimate of drug-likeness (QED) is 0.475. The number of fused-ring (bicyclic) bond motifs is 2. The van der Waals surface area contributed by atoms with Crippen LogP contribution in [0, 0.1) is 17.0 Å². The van der Waals surface area contributed by atoms with E-state index in [1.54, 1.807) is 18.7 Å². The van der Waals surface area contributed by atoms with Gasteiger partial charge < -0.3 is 14.9 Å². The first-order valence-electron chi connectivity index (χ1n) is 8.55. The summed E-state index contributed by atoms with van der Waals surface area (Å²) in [5, 5.41) is 11.1. The third-order valence-electron chi connectivity index (χ3n) is 4.38. The number of carbonyl (C=O) groups is 1. The van der Waals surface area contributed by atoms with Crippen LogP contribution in [0.5, 0.6) is 0 Å². The Balaban J connectivity index is 1.55. The van der Waals surface area contributed by atoms with Crippen molar-refractivity contribution >= 4 is 35.0 Å². The topological polar surface area (TPSA) is 90.5 Å². The molecule has 8 nitrogen and oxygen atoms in total. The minimum absolute atomic E-state index is 0.00908. The van der Waals surface area contributed by atoms with Crippen LogP contribution in [0.4, 0.5) is 22.0 Å². The van der Waals surface area contributed by atoms with Gasteiger partial charge in [0.05, 0.1) is 11.4 Å². The number of aromatic nitrogens is 2. The van der Waals surface area contributed by atoms with Crippen LogP contribution in [0.25, 0.3) is 0 Å². The van der Waals surface area contributed by atoms with Crippen molar-refractivity contribution in [1.29, 1.82) is 0 Å². The van der Waals surface area contributed by atoms with Crippen molar-refractivity contribution < 1.29 is 14.5 Å². The normalized spacial score (nSPS) is 12.2. The molecule has 0 saturated carbocycles. The average molecular weight is 396 g/mol. The molecule has 9 heteroatoms. The molecule has 0 spiro atoms. The highest BCUT2D eigenvalue weighted by molar-refractivity contribution is 7.99. The second-order valence-electron chi connectivity index (χ2n) is 6.06. The minimum Gasteiger partial charge on any atom is -0.445 e. The van der Waals surface area contributed by atoms with Crippen molar-refractivity contribution in [1.82, 2.24) is 9.55 Å². The Kier molecular flexibility index (Phi) is 4.74. The summed E-state index contributed by atoms with van der Waals surface area (Å²) in [7, 11) is 0. The molecule has 0 radical (unpaired) electrons. The Hall–Kier alpha value is -3.33. The van der Waals surface area contributed by atoms with E-state index in [-0.39, 0.29) is 19.0 Å². The standard InChI is InChI=1S/C19H16N4O4S/c1-13-20-12-18(23(25)26)21(13)10-11-27-19(24)22-14-6-2-4-8-16(14)28-17-9-5-3-7-15(17)22/h2-9,12H,10-11H2,1H3. The summed E-state index contributed by atoms with van der Waals surface area (Å²) in [5.74, 6) is 0.367. The van der Waals surface area contributed by atoms with Crippen LogP contribution < -0.4 is 4.90 Å². The van der Waals surface area contributed by atoms with Gasteiger partial charge in [0.1, 0.15) is 19.3 Å². The Morgan fingerprint density at radius 1 is 1.14 bits per heavy atom. The molecule has 2 aromatic carbocycles. The van der Waals surface area contributed by atoms with Crippen LogP contribution in [0.15, 0.2) is 64.5 Å². The van der Waals surface area contributed by atoms with E-state index >= 15 is 0 Å². The van der Waals surface area contributed by atoms with E-state index in [9.17, 15) is 14.9 Å². The van der Waals surface area contributed by atoms with Gasteiger partial charge in [-0.15, -0.1) is 0 Å². The minimum atomic E-state index is -0.527. The van der Waals surface area contributed by atoms with Crippen molar-refractivity contribution in [3.05, 3.63) is 70.7 Å². The Labute approximate surface area is 164 Å². The predicted octanol–water partition coefficient (Wildman–Crippen LogP) is 4.54. The summed E-state index contributed by atoms with van der Waals surface area (Å²) in [6, 6.07) is 15.2. The summed E-state index contributed by atoms with van der Waals surface area (Å²) >= 11 is 1.60. The third-order valence-corrected chi connectivity index (χ3v) is 5.51. The number of hydrogen-bond donors (Lipinski definition) is 0. The van der Waals surface area contributed by atoms with Gasteiger partial charge in [0.2, 0.25) is 0 Å². The van der Waals surface area contributed by atoms with Crippen LogP contribution in [-0.2, 0) is 11.3 Å². The summed E-state index contributed by atoms with van der Waals surface area (Å²) in [5.41, 5.74) is 1.50. The molecule has 4 rings (SSSR count). The lowest BCUT2D eigenvalue weighted by molar-refractivity contribution is -0.392. The van der Waals surface area contributed by atoms with Crippen LogP contribution in [0.1, 0.15) is 5.82 Å². The molecule has 3 aromatic rings. The zero-order valence-electron chi connectivity index (χ0n) is 14.9. The lowest BCUT2D eigenvalue weighted by atomic mass is 10.2. The number of rotatable bonds is 4. The Morgan fingerprint density at radius 3 is 2.36 bits per heavy atom. The molecule has 0 aliphatic carbocycles. The smallest absolute Gasteiger partial charge is 0.419 e. The maximum atomic E-state index is 12.9. The van der Waals surface area contributed by atoms with Gasteiger partial charge in [-0.25, -0.2) is 19.2 Å². The van der Waals surface area contributed by atoms with E-state index in [1.807, 2.05) is 48.5 Å². The average Bonchev–Trinajstić information content (AvgIpc) is 3.06. The molecule has 0 fully saturated rings. The molecule has 1 amide bonds. The predicted molar refractivity (Wildman–Crippen MR) is 104 cm³/mol. The van der Waals surface area contributed by atoms with E-state index in [0.717, 1.165) is 21.2 Å². The van der Waals surface area contributed by atoms with Crippen molar-refractivity contribution in [2.45, 2.75) is 23.3 Å². The number of para-hydroxylation sites is 2. The first-order valence-corrected chi connectivity index (χ1v) is 9.37. The van der Waals surface area contributed by atoms with Gasteiger partial charge >= 0.3 is 11.9 Å². The number of imidazole rings is 1. The van der Waals surface area contributed by atoms with Gasteiger partial charge in [0, 0.05) is 16.7 Å². The van der Waals surface area contributed by atoms with Crippen LogP contribution in [-0.4, -0.2) is 27.2 Å². The number of nitro groups is 1. The van der Waals surface area contributed by atoms with Crippen molar-refractivity contribution in [3.63, 3.8) is 0 Å². The largest absolute Gasteiger partial charge is 0.445 e. The van der Waals surface area contributed by atoms with Crippen molar-refractivity contribution in [2.24, 2.45) is 0 Å². The maximum Gasteiger partial charge on any atom is 0.419 e. The van der Waals surface area contributed by atoms with Gasteiger partial charge in [-0.1, -0.05) is 36.0 Å². The highest BCUT2D eigenvalue weighted by Crippen LogP contribution is 2.48. The second-order valence-corrected chi connectivity index (χ2v) is 7.14. The summed E-state index contributed by atoms with van der Waals surface area (Å²) in [6.45, 7) is 1.81. The number of carbonyl (C=O) groups excluding carboxylic acids is 1. The Morgan fingerprint density at radius 2 is 1.75 bits per heavy atom. The fourth-order valence-electron chi connectivity index (χ4n) is 3.07. The van der Waals surface area contributed by atoms with Crippen molar-refractivity contribution in [3.8, 4) is 0 Å². The highest BCUT2D eigenvalue weighted by atomic mass is 32.2. The molecule has 0 saturated heterocycles. The molecule has 0 atom stereocenters. The first-order chi connectivity index (χ1) is 13.6. The molecular formula is C19H16N4O4S. The SMILES string of the molecule is Cc1ncc([N+](=O)[O-])n1CCOC(=O)N1c2ccccc2Sc2ccccc21. The molecule has 1 aromatic heterocycles. The van der Waals surface area contributed by atoms with E-state index in [2.05, 4.69) is 4.98 Å².